The van der Waals surface area contributed by atoms with E-state index in [1.807, 2.05) is 23.8 Å². The monoisotopic (exact) mass is 386 g/mol. The second-order valence-electron chi connectivity index (χ2n) is 6.23. The van der Waals surface area contributed by atoms with Crippen molar-refractivity contribution >= 4 is 17.6 Å². The number of nitrogens with zero attached hydrogens (tertiary/aromatic N) is 3. The number of anilines is 1. The maximum absolute atomic E-state index is 12.6. The van der Waals surface area contributed by atoms with Crippen LogP contribution >= 0.6 is 0 Å². The maximum Gasteiger partial charge on any atom is 0.337 e. The van der Waals surface area contributed by atoms with E-state index in [2.05, 4.69) is 10.3 Å². The van der Waals surface area contributed by atoms with Gasteiger partial charge in [0.1, 0.15) is 11.4 Å². The second-order valence-corrected chi connectivity index (χ2v) is 6.23. The summed E-state index contributed by atoms with van der Waals surface area (Å²) >= 11 is 0. The van der Waals surface area contributed by atoms with E-state index < -0.39 is 5.97 Å². The Kier molecular flexibility index (Phi) is 5.65. The van der Waals surface area contributed by atoms with Crippen molar-refractivity contribution in [3.05, 3.63) is 47.7 Å². The highest BCUT2D eigenvalue weighted by Crippen LogP contribution is 2.29. The third-order valence-corrected chi connectivity index (χ3v) is 4.39. The number of aliphatic hydroxyl groups excluding tert-OH is 1. The van der Waals surface area contributed by atoms with Crippen LogP contribution in [-0.2, 0) is 14.3 Å². The molecule has 0 aliphatic carbocycles. The largest absolute Gasteiger partial charge is 0.494 e. The Balaban J connectivity index is 1.92. The summed E-state index contributed by atoms with van der Waals surface area (Å²) in [6, 6.07) is 5.33. The van der Waals surface area contributed by atoms with Crippen molar-refractivity contribution in [2.75, 3.05) is 39.2 Å². The predicted octanol–water partition coefficient (Wildman–Crippen LogP) is 0.863. The molecule has 0 fully saturated rings. The van der Waals surface area contributed by atoms with Crippen LogP contribution < -0.4 is 10.1 Å². The number of imidazole rings is 1. The standard InChI is InChI=1S/C19H22N4O5/c1-12-9-23(11-20-12)15-5-4-13(8-16(15)27-2)21-17-14(19(26)28-3)10-22(6-7-24)18(17)25/h4-5,8-9,11,21,24H,6-7,10H2,1-3H3. The number of nitrogens with one attached hydrogen (secondary N) is 1. The molecule has 0 atom stereocenters. The van der Waals surface area contributed by atoms with E-state index in [1.54, 1.807) is 25.6 Å². The van der Waals surface area contributed by atoms with E-state index in [0.29, 0.717) is 11.4 Å². The summed E-state index contributed by atoms with van der Waals surface area (Å²) in [5.41, 5.74) is 2.59. The molecule has 9 heteroatoms. The van der Waals surface area contributed by atoms with Gasteiger partial charge < -0.3 is 29.4 Å². The fourth-order valence-electron chi connectivity index (χ4n) is 3.01. The van der Waals surface area contributed by atoms with Gasteiger partial charge in [-0.15, -0.1) is 0 Å². The van der Waals surface area contributed by atoms with Crippen LogP contribution in [0.5, 0.6) is 5.75 Å². The van der Waals surface area contributed by atoms with Crippen LogP contribution in [0.25, 0.3) is 5.69 Å². The van der Waals surface area contributed by atoms with Crippen molar-refractivity contribution < 1.29 is 24.2 Å². The van der Waals surface area contributed by atoms with Crippen LogP contribution in [0.3, 0.4) is 0 Å². The van der Waals surface area contributed by atoms with Gasteiger partial charge in [0.25, 0.3) is 5.91 Å². The molecule has 0 unspecified atom stereocenters. The first-order valence-corrected chi connectivity index (χ1v) is 8.66. The van der Waals surface area contributed by atoms with Gasteiger partial charge in [-0.25, -0.2) is 9.78 Å². The van der Waals surface area contributed by atoms with Gasteiger partial charge in [0, 0.05) is 24.5 Å². The molecule has 2 N–H and O–H groups in total. The van der Waals surface area contributed by atoms with Crippen molar-refractivity contribution in [3.63, 3.8) is 0 Å². The fraction of sp³-hybridized carbons (Fsp3) is 0.316. The lowest BCUT2D eigenvalue weighted by Gasteiger charge is -2.16. The van der Waals surface area contributed by atoms with E-state index in [9.17, 15) is 9.59 Å². The first-order chi connectivity index (χ1) is 13.5. The highest BCUT2D eigenvalue weighted by molar-refractivity contribution is 6.08. The normalized spacial score (nSPS) is 13.9. The Morgan fingerprint density at radius 1 is 1.36 bits per heavy atom. The van der Waals surface area contributed by atoms with Crippen molar-refractivity contribution in [2.24, 2.45) is 0 Å². The molecule has 0 radical (unpaired) electrons. The number of aromatic nitrogens is 2. The van der Waals surface area contributed by atoms with Crippen LogP contribution in [0.4, 0.5) is 5.69 Å². The number of hydrogen-bond donors (Lipinski definition) is 2. The summed E-state index contributed by atoms with van der Waals surface area (Å²) in [4.78, 5) is 30.3. The Labute approximate surface area is 162 Å². The molecule has 9 nitrogen and oxygen atoms in total. The van der Waals surface area contributed by atoms with E-state index in [1.165, 1.54) is 12.0 Å². The topological polar surface area (TPSA) is 106 Å². The first-order valence-electron chi connectivity index (χ1n) is 8.66. The smallest absolute Gasteiger partial charge is 0.337 e. The van der Waals surface area contributed by atoms with Gasteiger partial charge in [-0.05, 0) is 19.1 Å². The molecule has 1 aliphatic rings. The maximum atomic E-state index is 12.6. The Morgan fingerprint density at radius 3 is 2.75 bits per heavy atom. The number of amides is 1. The molecule has 0 bridgehead atoms. The third-order valence-electron chi connectivity index (χ3n) is 4.39. The van der Waals surface area contributed by atoms with Crippen LogP contribution in [0, 0.1) is 6.92 Å². The van der Waals surface area contributed by atoms with Gasteiger partial charge >= 0.3 is 5.97 Å². The van der Waals surface area contributed by atoms with Crippen LogP contribution in [0.2, 0.25) is 0 Å². The molecule has 3 rings (SSSR count). The number of rotatable bonds is 7. The molecule has 1 amide bonds. The number of hydrogen-bond acceptors (Lipinski definition) is 7. The molecule has 2 aromatic rings. The highest BCUT2D eigenvalue weighted by atomic mass is 16.5. The second kappa shape index (κ2) is 8.13. The summed E-state index contributed by atoms with van der Waals surface area (Å²) in [6.07, 6.45) is 3.56. The average molecular weight is 386 g/mol. The number of ether oxygens (including phenoxy) is 2. The fourth-order valence-corrected chi connectivity index (χ4v) is 3.01. The molecule has 28 heavy (non-hydrogen) atoms. The molecular weight excluding hydrogens is 364 g/mol. The minimum Gasteiger partial charge on any atom is -0.494 e. The number of aryl methyl sites for hydroxylation is 1. The molecule has 1 aromatic carbocycles. The number of β-amino-alcohol motifs (C(OH)–C–C–N with tert-alkyl or cyclic N) is 1. The minimum absolute atomic E-state index is 0.0813. The van der Waals surface area contributed by atoms with Gasteiger partial charge in [0.05, 0.1) is 50.7 Å². The van der Waals surface area contributed by atoms with E-state index >= 15 is 0 Å². The summed E-state index contributed by atoms with van der Waals surface area (Å²) in [5, 5.41) is 12.1. The van der Waals surface area contributed by atoms with Gasteiger partial charge in [0.2, 0.25) is 0 Å². The number of esters is 1. The summed E-state index contributed by atoms with van der Waals surface area (Å²) in [6.45, 7) is 1.91. The molecule has 0 saturated heterocycles. The summed E-state index contributed by atoms with van der Waals surface area (Å²) in [5.74, 6) is -0.392. The summed E-state index contributed by atoms with van der Waals surface area (Å²) in [7, 11) is 2.81. The van der Waals surface area contributed by atoms with Crippen molar-refractivity contribution in [1.29, 1.82) is 0 Å². The highest BCUT2D eigenvalue weighted by Gasteiger charge is 2.34. The molecule has 1 aliphatic heterocycles. The molecule has 0 spiro atoms. The number of methoxy groups -OCH3 is 2. The van der Waals surface area contributed by atoms with E-state index in [0.717, 1.165) is 11.4 Å². The van der Waals surface area contributed by atoms with Gasteiger partial charge in [-0.3, -0.25) is 4.79 Å². The zero-order valence-corrected chi connectivity index (χ0v) is 15.9. The molecule has 2 heterocycles. The van der Waals surface area contributed by atoms with Crippen molar-refractivity contribution in [2.45, 2.75) is 6.92 Å². The number of carbonyl (C=O) groups excluding carboxylic acids is 2. The zero-order chi connectivity index (χ0) is 20.3. The lowest BCUT2D eigenvalue weighted by Crippen LogP contribution is -2.31. The lowest BCUT2D eigenvalue weighted by atomic mass is 10.2. The molecule has 0 saturated carbocycles. The Bertz CT molecular complexity index is 934. The number of aliphatic hydroxyl groups is 1. The van der Waals surface area contributed by atoms with E-state index in [-0.39, 0.29) is 36.9 Å². The average Bonchev–Trinajstić information content (AvgIpc) is 3.26. The van der Waals surface area contributed by atoms with Crippen molar-refractivity contribution in [3.8, 4) is 11.4 Å². The Hall–Kier alpha value is -3.33. The molecule has 148 valence electrons. The minimum atomic E-state index is -0.589. The van der Waals surface area contributed by atoms with Crippen LogP contribution in [0.1, 0.15) is 5.69 Å². The number of carbonyl (C=O) groups is 2. The van der Waals surface area contributed by atoms with Crippen molar-refractivity contribution in [1.82, 2.24) is 14.5 Å². The SMILES string of the molecule is COC(=O)C1=C(Nc2ccc(-n3cnc(C)c3)c(OC)c2)C(=O)N(CCO)C1. The van der Waals surface area contributed by atoms with Gasteiger partial charge in [-0.1, -0.05) is 0 Å². The van der Waals surface area contributed by atoms with E-state index in [4.69, 9.17) is 14.6 Å². The zero-order valence-electron chi connectivity index (χ0n) is 15.9. The summed E-state index contributed by atoms with van der Waals surface area (Å²) < 4.78 is 12.1. The Morgan fingerprint density at radius 2 is 2.14 bits per heavy atom. The third kappa shape index (κ3) is 3.70. The lowest BCUT2D eigenvalue weighted by molar-refractivity contribution is -0.136. The molecular formula is C19H22N4O5. The van der Waals surface area contributed by atoms with Crippen LogP contribution in [-0.4, -0.2) is 65.3 Å². The first kappa shape index (κ1) is 19.4. The molecule has 1 aromatic heterocycles. The van der Waals surface area contributed by atoms with Gasteiger partial charge in [-0.2, -0.15) is 0 Å². The number of benzene rings is 1. The quantitative estimate of drug-likeness (QED) is 0.680. The predicted molar refractivity (Wildman–Crippen MR) is 101 cm³/mol. The van der Waals surface area contributed by atoms with Crippen LogP contribution in [0.15, 0.2) is 42.0 Å². The van der Waals surface area contributed by atoms with Gasteiger partial charge in [0.15, 0.2) is 0 Å².